The Bertz CT molecular complexity index is 740. The van der Waals surface area contributed by atoms with Crippen molar-refractivity contribution in [3.05, 3.63) is 71.9 Å². The number of aromatic nitrogens is 1. The van der Waals surface area contributed by atoms with Gasteiger partial charge in [0.1, 0.15) is 0 Å². The van der Waals surface area contributed by atoms with Crippen LogP contribution in [0.25, 0.3) is 23.1 Å². The van der Waals surface area contributed by atoms with Crippen LogP contribution in [0.15, 0.2) is 60.8 Å². The van der Waals surface area contributed by atoms with Gasteiger partial charge in [0.15, 0.2) is 0 Å². The summed E-state index contributed by atoms with van der Waals surface area (Å²) < 4.78 is 0. The van der Waals surface area contributed by atoms with E-state index >= 15 is 0 Å². The van der Waals surface area contributed by atoms with Gasteiger partial charge in [-0.15, -0.1) is 0 Å². The molecular weight excluding hydrogens is 232 g/mol. The molecule has 0 unspecified atom stereocenters. The minimum absolute atomic E-state index is 0.779. The van der Waals surface area contributed by atoms with Gasteiger partial charge in [-0.1, -0.05) is 42.5 Å². The predicted molar refractivity (Wildman–Crippen MR) is 81.5 cm³/mol. The second-order valence-corrected chi connectivity index (χ2v) is 4.42. The van der Waals surface area contributed by atoms with Gasteiger partial charge in [0.2, 0.25) is 0 Å². The Morgan fingerprint density at radius 1 is 0.895 bits per heavy atom. The van der Waals surface area contributed by atoms with Crippen molar-refractivity contribution in [1.82, 2.24) is 4.98 Å². The Morgan fingerprint density at radius 3 is 2.68 bits per heavy atom. The molecule has 3 rings (SSSR count). The first-order chi connectivity index (χ1) is 9.33. The molecule has 2 heteroatoms. The van der Waals surface area contributed by atoms with E-state index in [0.29, 0.717) is 0 Å². The van der Waals surface area contributed by atoms with E-state index in [1.807, 2.05) is 54.7 Å². The van der Waals surface area contributed by atoms with Crippen LogP contribution in [0.3, 0.4) is 0 Å². The molecule has 0 saturated carbocycles. The lowest BCUT2D eigenvalue weighted by molar-refractivity contribution is 1.41. The van der Waals surface area contributed by atoms with Crippen LogP contribution in [0.1, 0.15) is 11.1 Å². The molecule has 0 aliphatic rings. The first kappa shape index (κ1) is 11.5. The zero-order valence-corrected chi connectivity index (χ0v) is 10.5. The molecule has 0 aliphatic carbocycles. The third-order valence-electron chi connectivity index (χ3n) is 3.05. The average molecular weight is 246 g/mol. The molecule has 2 nitrogen and oxygen atoms in total. The van der Waals surface area contributed by atoms with Crippen LogP contribution in [0.5, 0.6) is 0 Å². The van der Waals surface area contributed by atoms with E-state index in [9.17, 15) is 0 Å². The Hall–Kier alpha value is -2.61. The van der Waals surface area contributed by atoms with Crippen molar-refractivity contribution in [3.8, 4) is 0 Å². The lowest BCUT2D eigenvalue weighted by Crippen LogP contribution is -1.84. The number of hydrogen-bond acceptors (Lipinski definition) is 2. The lowest BCUT2D eigenvalue weighted by atomic mass is 10.1. The standard InChI is InChI=1S/C17H14N2/c18-15-5-3-4-13(12-15)8-9-14-10-11-19-17-7-2-1-6-16(14)17/h1-12H,18H2/b9-8-. The molecule has 0 aliphatic heterocycles. The Morgan fingerprint density at radius 2 is 1.79 bits per heavy atom. The molecule has 0 amide bonds. The summed E-state index contributed by atoms with van der Waals surface area (Å²) in [6.45, 7) is 0. The molecule has 2 aromatic carbocycles. The fourth-order valence-corrected chi connectivity index (χ4v) is 2.11. The number of pyridine rings is 1. The maximum absolute atomic E-state index is 5.77. The SMILES string of the molecule is Nc1cccc(/C=C\c2ccnc3ccccc23)c1. The number of nitrogens with zero attached hydrogens (tertiary/aromatic N) is 1. The summed E-state index contributed by atoms with van der Waals surface area (Å²) in [5.41, 5.74) is 9.82. The molecule has 0 fully saturated rings. The lowest BCUT2D eigenvalue weighted by Gasteiger charge is -2.01. The van der Waals surface area contributed by atoms with Crippen molar-refractivity contribution < 1.29 is 0 Å². The third-order valence-corrected chi connectivity index (χ3v) is 3.05. The largest absolute Gasteiger partial charge is 0.399 e. The minimum Gasteiger partial charge on any atom is -0.399 e. The highest BCUT2D eigenvalue weighted by molar-refractivity contribution is 5.90. The maximum Gasteiger partial charge on any atom is 0.0707 e. The van der Waals surface area contributed by atoms with E-state index in [4.69, 9.17) is 5.73 Å². The summed E-state index contributed by atoms with van der Waals surface area (Å²) in [4.78, 5) is 4.36. The number of anilines is 1. The van der Waals surface area contributed by atoms with Crippen molar-refractivity contribution in [2.24, 2.45) is 0 Å². The van der Waals surface area contributed by atoms with Crippen LogP contribution >= 0.6 is 0 Å². The summed E-state index contributed by atoms with van der Waals surface area (Å²) in [7, 11) is 0. The van der Waals surface area contributed by atoms with Gasteiger partial charge in [0, 0.05) is 17.3 Å². The molecule has 92 valence electrons. The van der Waals surface area contributed by atoms with Gasteiger partial charge < -0.3 is 5.73 Å². The highest BCUT2D eigenvalue weighted by Crippen LogP contribution is 2.19. The van der Waals surface area contributed by atoms with Crippen LogP contribution < -0.4 is 5.73 Å². The number of hydrogen-bond donors (Lipinski definition) is 1. The second-order valence-electron chi connectivity index (χ2n) is 4.42. The van der Waals surface area contributed by atoms with Gasteiger partial charge in [-0.2, -0.15) is 0 Å². The van der Waals surface area contributed by atoms with E-state index < -0.39 is 0 Å². The molecule has 0 radical (unpaired) electrons. The van der Waals surface area contributed by atoms with Gasteiger partial charge >= 0.3 is 0 Å². The predicted octanol–water partition coefficient (Wildman–Crippen LogP) is 3.99. The first-order valence-electron chi connectivity index (χ1n) is 6.20. The molecule has 1 heterocycles. The zero-order valence-electron chi connectivity index (χ0n) is 10.5. The molecule has 0 bridgehead atoms. The molecule has 19 heavy (non-hydrogen) atoms. The molecule has 0 atom stereocenters. The fraction of sp³-hybridized carbons (Fsp3) is 0. The highest BCUT2D eigenvalue weighted by Gasteiger charge is 1.97. The molecule has 0 spiro atoms. The zero-order chi connectivity index (χ0) is 13.1. The van der Waals surface area contributed by atoms with Crippen LogP contribution in [0.4, 0.5) is 5.69 Å². The van der Waals surface area contributed by atoms with E-state index in [0.717, 1.165) is 27.7 Å². The van der Waals surface area contributed by atoms with Crippen molar-refractivity contribution in [2.45, 2.75) is 0 Å². The van der Waals surface area contributed by atoms with E-state index in [1.54, 1.807) is 0 Å². The number of rotatable bonds is 2. The number of benzene rings is 2. The minimum atomic E-state index is 0.779. The molecule has 1 aromatic heterocycles. The van der Waals surface area contributed by atoms with E-state index in [1.165, 1.54) is 0 Å². The number of para-hydroxylation sites is 1. The summed E-state index contributed by atoms with van der Waals surface area (Å²) in [5.74, 6) is 0. The summed E-state index contributed by atoms with van der Waals surface area (Å²) in [5, 5.41) is 1.16. The average Bonchev–Trinajstić information content (AvgIpc) is 2.45. The van der Waals surface area contributed by atoms with E-state index in [2.05, 4.69) is 23.2 Å². The van der Waals surface area contributed by atoms with Crippen LogP contribution in [-0.2, 0) is 0 Å². The number of nitrogen functional groups attached to an aromatic ring is 1. The number of nitrogens with two attached hydrogens (primary N) is 1. The van der Waals surface area contributed by atoms with Crippen molar-refractivity contribution in [1.29, 1.82) is 0 Å². The Kier molecular flexibility index (Phi) is 2.99. The maximum atomic E-state index is 5.77. The van der Waals surface area contributed by atoms with Crippen molar-refractivity contribution in [3.63, 3.8) is 0 Å². The monoisotopic (exact) mass is 246 g/mol. The van der Waals surface area contributed by atoms with Gasteiger partial charge in [0.05, 0.1) is 5.52 Å². The van der Waals surface area contributed by atoms with E-state index in [-0.39, 0.29) is 0 Å². The Labute approximate surface area is 112 Å². The quantitative estimate of drug-likeness (QED) is 0.694. The number of fused-ring (bicyclic) bond motifs is 1. The smallest absolute Gasteiger partial charge is 0.0707 e. The van der Waals surface area contributed by atoms with Crippen LogP contribution in [0.2, 0.25) is 0 Å². The first-order valence-corrected chi connectivity index (χ1v) is 6.20. The van der Waals surface area contributed by atoms with Crippen LogP contribution in [-0.4, -0.2) is 4.98 Å². The van der Waals surface area contributed by atoms with Gasteiger partial charge in [-0.05, 0) is 35.4 Å². The second kappa shape index (κ2) is 4.94. The molecule has 0 saturated heterocycles. The summed E-state index contributed by atoms with van der Waals surface area (Å²) in [6.07, 6.45) is 6.00. The molecule has 2 N–H and O–H groups in total. The van der Waals surface area contributed by atoms with Gasteiger partial charge in [-0.25, -0.2) is 0 Å². The summed E-state index contributed by atoms with van der Waals surface area (Å²) >= 11 is 0. The third kappa shape index (κ3) is 2.47. The Balaban J connectivity index is 2.02. The summed E-state index contributed by atoms with van der Waals surface area (Å²) in [6, 6.07) is 18.0. The molecule has 3 aromatic rings. The van der Waals surface area contributed by atoms with Gasteiger partial charge in [-0.3, -0.25) is 4.98 Å². The fourth-order valence-electron chi connectivity index (χ4n) is 2.11. The van der Waals surface area contributed by atoms with Gasteiger partial charge in [0.25, 0.3) is 0 Å². The van der Waals surface area contributed by atoms with Crippen molar-refractivity contribution in [2.75, 3.05) is 5.73 Å². The molecular formula is C17H14N2. The van der Waals surface area contributed by atoms with Crippen LogP contribution in [0, 0.1) is 0 Å². The topological polar surface area (TPSA) is 38.9 Å². The normalized spacial score (nSPS) is 11.2. The van der Waals surface area contributed by atoms with Crippen molar-refractivity contribution >= 4 is 28.7 Å². The highest BCUT2D eigenvalue weighted by atomic mass is 14.6.